The van der Waals surface area contributed by atoms with Gasteiger partial charge >= 0.3 is 0 Å². The number of hydrogen-bond acceptors (Lipinski definition) is 4. The van der Waals surface area contributed by atoms with Crippen LogP contribution in [0.1, 0.15) is 13.8 Å². The van der Waals surface area contributed by atoms with E-state index in [9.17, 15) is 13.2 Å². The molecule has 3 N–H and O–H groups in total. The molecule has 0 radical (unpaired) electrons. The molecule has 0 aliphatic carbocycles. The summed E-state index contributed by atoms with van der Waals surface area (Å²) >= 11 is 5.92. The van der Waals surface area contributed by atoms with Crippen LogP contribution in [-0.4, -0.2) is 26.6 Å². The van der Waals surface area contributed by atoms with Gasteiger partial charge in [-0.25, -0.2) is 8.42 Å². The highest BCUT2D eigenvalue weighted by molar-refractivity contribution is 7.90. The molecule has 0 aromatic heterocycles. The molecule has 7 heteroatoms. The van der Waals surface area contributed by atoms with E-state index < -0.39 is 21.8 Å². The van der Waals surface area contributed by atoms with Gasteiger partial charge in [0.05, 0.1) is 21.6 Å². The number of carbonyl (C=O) groups is 1. The molecule has 0 aliphatic heterocycles. The Bertz CT molecular complexity index is 585. The number of nitrogens with two attached hydrogens (primary N) is 1. The Morgan fingerprint density at radius 2 is 1.95 bits per heavy atom. The third-order valence-corrected chi connectivity index (χ3v) is 4.08. The highest BCUT2D eigenvalue weighted by atomic mass is 35.5. The van der Waals surface area contributed by atoms with Crippen molar-refractivity contribution in [1.82, 2.24) is 0 Å². The monoisotopic (exact) mass is 304 g/mol. The van der Waals surface area contributed by atoms with Crippen molar-refractivity contribution in [2.45, 2.75) is 24.8 Å². The summed E-state index contributed by atoms with van der Waals surface area (Å²) in [6.45, 7) is 3.64. The maximum atomic E-state index is 11.8. The second-order valence-corrected chi connectivity index (χ2v) is 7.10. The molecular formula is C12H17ClN2O3S. The number of sulfone groups is 1. The maximum absolute atomic E-state index is 11.8. The molecule has 0 aliphatic rings. The number of rotatable bonds is 4. The fourth-order valence-corrected chi connectivity index (χ4v) is 2.16. The number of amides is 1. The summed E-state index contributed by atoms with van der Waals surface area (Å²) in [6.07, 6.45) is 1.09. The van der Waals surface area contributed by atoms with Crippen LogP contribution in [0.15, 0.2) is 23.1 Å². The van der Waals surface area contributed by atoms with E-state index in [1.165, 1.54) is 18.2 Å². The smallest absolute Gasteiger partial charge is 0.241 e. The maximum Gasteiger partial charge on any atom is 0.241 e. The molecule has 0 saturated carbocycles. The van der Waals surface area contributed by atoms with Crippen LogP contribution in [0.2, 0.25) is 5.02 Å². The molecule has 0 heterocycles. The van der Waals surface area contributed by atoms with Crippen molar-refractivity contribution in [2.75, 3.05) is 11.6 Å². The third-order valence-electron chi connectivity index (χ3n) is 2.64. The largest absolute Gasteiger partial charge is 0.323 e. The van der Waals surface area contributed by atoms with Crippen molar-refractivity contribution < 1.29 is 13.2 Å². The Morgan fingerprint density at radius 1 is 1.37 bits per heavy atom. The van der Waals surface area contributed by atoms with Crippen molar-refractivity contribution in [1.29, 1.82) is 0 Å². The topological polar surface area (TPSA) is 89.3 Å². The highest BCUT2D eigenvalue weighted by Crippen LogP contribution is 2.25. The summed E-state index contributed by atoms with van der Waals surface area (Å²) in [4.78, 5) is 11.9. The first-order valence-corrected chi connectivity index (χ1v) is 7.96. The zero-order valence-electron chi connectivity index (χ0n) is 11.0. The van der Waals surface area contributed by atoms with Gasteiger partial charge in [0, 0.05) is 6.26 Å². The third kappa shape index (κ3) is 4.19. The molecule has 106 valence electrons. The molecule has 1 aromatic carbocycles. The van der Waals surface area contributed by atoms with Gasteiger partial charge in [-0.05, 0) is 24.1 Å². The van der Waals surface area contributed by atoms with E-state index in [1.807, 2.05) is 13.8 Å². The van der Waals surface area contributed by atoms with Crippen LogP contribution in [0.5, 0.6) is 0 Å². The van der Waals surface area contributed by atoms with Crippen molar-refractivity contribution >= 4 is 33.0 Å². The Kier molecular flexibility index (Phi) is 4.95. The number of halogens is 1. The average molecular weight is 305 g/mol. The Morgan fingerprint density at radius 3 is 2.42 bits per heavy atom. The number of carbonyl (C=O) groups excluding carboxylic acids is 1. The van der Waals surface area contributed by atoms with Crippen LogP contribution in [0.25, 0.3) is 0 Å². The molecule has 5 nitrogen and oxygen atoms in total. The number of hydrogen-bond donors (Lipinski definition) is 2. The van der Waals surface area contributed by atoms with Gasteiger partial charge in [-0.2, -0.15) is 0 Å². The fourth-order valence-electron chi connectivity index (χ4n) is 1.35. The minimum absolute atomic E-state index is 0.0307. The molecular weight excluding hydrogens is 288 g/mol. The van der Waals surface area contributed by atoms with E-state index in [4.69, 9.17) is 17.3 Å². The summed E-state index contributed by atoms with van der Waals surface area (Å²) in [6, 6.07) is 3.45. The summed E-state index contributed by atoms with van der Waals surface area (Å²) in [7, 11) is -3.36. The quantitative estimate of drug-likeness (QED) is 0.885. The lowest BCUT2D eigenvalue weighted by Gasteiger charge is -2.16. The highest BCUT2D eigenvalue weighted by Gasteiger charge is 2.19. The van der Waals surface area contributed by atoms with E-state index in [-0.39, 0.29) is 21.5 Å². The second-order valence-electron chi connectivity index (χ2n) is 4.67. The predicted molar refractivity (Wildman–Crippen MR) is 76.0 cm³/mol. The molecule has 19 heavy (non-hydrogen) atoms. The van der Waals surface area contributed by atoms with Gasteiger partial charge in [0.2, 0.25) is 5.91 Å². The second kappa shape index (κ2) is 5.90. The van der Waals surface area contributed by atoms with Crippen LogP contribution in [0.3, 0.4) is 0 Å². The SMILES string of the molecule is CC(C)[C@H](N)C(=O)Nc1cc(S(C)(=O)=O)ccc1Cl. The van der Waals surface area contributed by atoms with Crippen molar-refractivity contribution in [2.24, 2.45) is 11.7 Å². The molecule has 0 saturated heterocycles. The van der Waals surface area contributed by atoms with Crippen LogP contribution in [0.4, 0.5) is 5.69 Å². The summed E-state index contributed by atoms with van der Waals surface area (Å²) in [5.41, 5.74) is 5.95. The molecule has 0 fully saturated rings. The predicted octanol–water partition coefficient (Wildman–Crippen LogP) is 1.67. The lowest BCUT2D eigenvalue weighted by molar-refractivity contribution is -0.118. The van der Waals surface area contributed by atoms with Crippen LogP contribution in [-0.2, 0) is 14.6 Å². The van der Waals surface area contributed by atoms with E-state index in [1.54, 1.807) is 0 Å². The average Bonchev–Trinajstić information content (AvgIpc) is 2.29. The van der Waals surface area contributed by atoms with E-state index in [0.717, 1.165) is 6.26 Å². The normalized spacial score (nSPS) is 13.4. The minimum atomic E-state index is -3.36. The lowest BCUT2D eigenvalue weighted by Crippen LogP contribution is -2.39. The zero-order chi connectivity index (χ0) is 14.8. The molecule has 1 amide bonds. The zero-order valence-corrected chi connectivity index (χ0v) is 12.5. The van der Waals surface area contributed by atoms with Crippen molar-refractivity contribution in [3.8, 4) is 0 Å². The van der Waals surface area contributed by atoms with E-state index >= 15 is 0 Å². The van der Waals surface area contributed by atoms with Gasteiger partial charge in [0.15, 0.2) is 9.84 Å². The summed E-state index contributed by atoms with van der Waals surface area (Å²) in [5.74, 6) is -0.431. The Hall–Kier alpha value is -1.11. The van der Waals surface area contributed by atoms with Crippen molar-refractivity contribution in [3.63, 3.8) is 0 Å². The Balaban J connectivity index is 3.05. The van der Waals surface area contributed by atoms with Crippen molar-refractivity contribution in [3.05, 3.63) is 23.2 Å². The number of nitrogens with one attached hydrogen (secondary N) is 1. The van der Waals surface area contributed by atoms with Crippen LogP contribution in [0, 0.1) is 5.92 Å². The summed E-state index contributed by atoms with van der Waals surface area (Å²) in [5, 5.41) is 2.80. The molecule has 1 rings (SSSR count). The first-order valence-electron chi connectivity index (χ1n) is 5.69. The van der Waals surface area contributed by atoms with Gasteiger partial charge < -0.3 is 11.1 Å². The first-order chi connectivity index (χ1) is 8.62. The van der Waals surface area contributed by atoms with E-state index in [0.29, 0.717) is 0 Å². The molecule has 1 atom stereocenters. The Labute approximate surface area is 118 Å². The van der Waals surface area contributed by atoms with Crippen LogP contribution >= 0.6 is 11.6 Å². The molecule has 0 spiro atoms. The van der Waals surface area contributed by atoms with Gasteiger partial charge in [-0.15, -0.1) is 0 Å². The van der Waals surface area contributed by atoms with Gasteiger partial charge in [-0.1, -0.05) is 25.4 Å². The fraction of sp³-hybridized carbons (Fsp3) is 0.417. The molecule has 0 bridgehead atoms. The van der Waals surface area contributed by atoms with Crippen LogP contribution < -0.4 is 11.1 Å². The summed E-state index contributed by atoms with van der Waals surface area (Å²) < 4.78 is 22.9. The standard InChI is InChI=1S/C12H17ClN2O3S/c1-7(2)11(14)12(16)15-10-6-8(19(3,17)18)4-5-9(10)13/h4-7,11H,14H2,1-3H3,(H,15,16)/t11-/m0/s1. The number of anilines is 1. The van der Waals surface area contributed by atoms with E-state index in [2.05, 4.69) is 5.32 Å². The first kappa shape index (κ1) is 15.9. The number of benzene rings is 1. The lowest BCUT2D eigenvalue weighted by atomic mass is 10.1. The molecule has 1 aromatic rings. The van der Waals surface area contributed by atoms with Gasteiger partial charge in [-0.3, -0.25) is 4.79 Å². The molecule has 0 unspecified atom stereocenters. The van der Waals surface area contributed by atoms with Gasteiger partial charge in [0.1, 0.15) is 0 Å². The minimum Gasteiger partial charge on any atom is -0.323 e. The van der Waals surface area contributed by atoms with Gasteiger partial charge in [0.25, 0.3) is 0 Å².